The van der Waals surface area contributed by atoms with Crippen molar-refractivity contribution in [3.63, 3.8) is 0 Å². The van der Waals surface area contributed by atoms with Crippen LogP contribution in [0.25, 0.3) is 22.0 Å². The predicted molar refractivity (Wildman–Crippen MR) is 144 cm³/mol. The molecule has 1 atom stereocenters. The van der Waals surface area contributed by atoms with Gasteiger partial charge in [-0.3, -0.25) is 4.79 Å². The Balaban J connectivity index is 0.00000380. The summed E-state index contributed by atoms with van der Waals surface area (Å²) in [7, 11) is 1.99. The van der Waals surface area contributed by atoms with Gasteiger partial charge in [-0.15, -0.1) is 0 Å². The average molecular weight is 484 g/mol. The molecule has 0 fully saturated rings. The number of aryl methyl sites for hydroxylation is 1. The van der Waals surface area contributed by atoms with Crippen molar-refractivity contribution in [2.24, 2.45) is 7.05 Å². The van der Waals surface area contributed by atoms with E-state index in [0.29, 0.717) is 30.8 Å². The van der Waals surface area contributed by atoms with E-state index in [1.54, 1.807) is 0 Å². The number of aliphatic hydroxyl groups excluding tert-OH is 1. The number of hydrogen-bond donors (Lipinski definition) is 2. The van der Waals surface area contributed by atoms with Gasteiger partial charge in [0.15, 0.2) is 0 Å². The lowest BCUT2D eigenvalue weighted by molar-refractivity contribution is 0.0912. The zero-order valence-electron chi connectivity index (χ0n) is 20.7. The van der Waals surface area contributed by atoms with Crippen molar-refractivity contribution in [2.45, 2.75) is 32.2 Å². The van der Waals surface area contributed by atoms with Crippen molar-refractivity contribution in [1.29, 1.82) is 5.26 Å². The Labute approximate surface area is 213 Å². The molecule has 6 nitrogen and oxygen atoms in total. The van der Waals surface area contributed by atoms with Gasteiger partial charge in [-0.2, -0.15) is 5.26 Å². The number of fused-ring (bicyclic) bond motifs is 1. The monoisotopic (exact) mass is 483 g/mol. The van der Waals surface area contributed by atoms with Gasteiger partial charge >= 0.3 is 0 Å². The fourth-order valence-corrected chi connectivity index (χ4v) is 4.41. The minimum atomic E-state index is -0.448. The van der Waals surface area contributed by atoms with Gasteiger partial charge in [-0.1, -0.05) is 55.5 Å². The maximum Gasteiger partial charge on any atom is 0.255 e. The third kappa shape index (κ3) is 5.59. The third-order valence-electron chi connectivity index (χ3n) is 6.26. The normalized spacial score (nSPS) is 11.7. The van der Waals surface area contributed by atoms with Crippen LogP contribution in [0.5, 0.6) is 5.75 Å². The molecule has 0 bridgehead atoms. The number of aliphatic hydroxyl groups is 1. The van der Waals surface area contributed by atoms with E-state index in [0.717, 1.165) is 39.6 Å². The lowest BCUT2D eigenvalue weighted by Gasteiger charge is -2.18. The Hall–Kier alpha value is -4.08. The summed E-state index contributed by atoms with van der Waals surface area (Å²) in [4.78, 5) is 13.4. The van der Waals surface area contributed by atoms with Crippen LogP contribution in [0.1, 0.15) is 36.3 Å². The highest BCUT2D eigenvalue weighted by Crippen LogP contribution is 2.28. The number of hydrogen-bond acceptors (Lipinski definition) is 4. The molecule has 186 valence electrons. The average Bonchev–Trinajstić information content (AvgIpc) is 3.22. The van der Waals surface area contributed by atoms with Crippen molar-refractivity contribution in [3.05, 3.63) is 89.6 Å². The molecule has 0 aliphatic heterocycles. The molecule has 4 aromatic rings. The minimum Gasteiger partial charge on any atom is -0.493 e. The molecule has 1 amide bonds. The van der Waals surface area contributed by atoms with Gasteiger partial charge in [0.1, 0.15) is 5.75 Å². The largest absolute Gasteiger partial charge is 0.493 e. The Morgan fingerprint density at radius 1 is 1.14 bits per heavy atom. The second kappa shape index (κ2) is 11.6. The number of carbonyl (C=O) groups excluding carboxylic acids is 1. The number of rotatable bonds is 10. The molecule has 3 aromatic carbocycles. The van der Waals surface area contributed by atoms with Crippen LogP contribution in [0.4, 0.5) is 0 Å². The molecular weight excluding hydrogens is 450 g/mol. The molecule has 0 saturated carbocycles. The fraction of sp³-hybridized carbons (Fsp3) is 0.267. The van der Waals surface area contributed by atoms with Crippen LogP contribution in [0, 0.1) is 11.3 Å². The van der Waals surface area contributed by atoms with E-state index >= 15 is 0 Å². The van der Waals surface area contributed by atoms with E-state index in [9.17, 15) is 9.90 Å². The fourth-order valence-electron chi connectivity index (χ4n) is 4.41. The molecule has 1 heterocycles. The molecule has 0 aliphatic rings. The first-order valence-corrected chi connectivity index (χ1v) is 12.2. The number of nitrogens with zero attached hydrogens (tertiary/aromatic N) is 2. The zero-order chi connectivity index (χ0) is 25.5. The Morgan fingerprint density at radius 2 is 1.89 bits per heavy atom. The summed E-state index contributed by atoms with van der Waals surface area (Å²) in [5.41, 5.74) is 5.38. The first kappa shape index (κ1) is 25.0. The summed E-state index contributed by atoms with van der Waals surface area (Å²) in [5.74, 6) is 0.226. The van der Waals surface area contributed by atoms with Crippen molar-refractivity contribution in [3.8, 4) is 22.9 Å². The number of nitriles is 1. The van der Waals surface area contributed by atoms with Crippen LogP contribution in [0.2, 0.25) is 0 Å². The van der Waals surface area contributed by atoms with Gasteiger partial charge in [0.05, 0.1) is 37.3 Å². The molecule has 2 N–H and O–H groups in total. The number of para-hydroxylation sites is 1. The van der Waals surface area contributed by atoms with Crippen LogP contribution < -0.4 is 10.1 Å². The van der Waals surface area contributed by atoms with E-state index in [4.69, 9.17) is 10.00 Å². The molecule has 0 unspecified atom stereocenters. The van der Waals surface area contributed by atoms with Crippen LogP contribution in [-0.2, 0) is 19.9 Å². The number of amides is 1. The van der Waals surface area contributed by atoms with Gasteiger partial charge < -0.3 is 19.7 Å². The highest BCUT2D eigenvalue weighted by atomic mass is 16.5. The first-order valence-electron chi connectivity index (χ1n) is 12.2. The quantitative estimate of drug-likeness (QED) is 0.321. The zero-order valence-corrected chi connectivity index (χ0v) is 20.7. The maximum absolute atomic E-state index is 13.4. The lowest BCUT2D eigenvalue weighted by Crippen LogP contribution is -2.39. The molecule has 0 radical (unpaired) electrons. The van der Waals surface area contributed by atoms with E-state index in [-0.39, 0.29) is 13.9 Å². The predicted octanol–water partition coefficient (Wildman–Crippen LogP) is 5.28. The molecule has 1 aromatic heterocycles. The van der Waals surface area contributed by atoms with Crippen molar-refractivity contribution < 1.29 is 16.1 Å². The molecular formula is C30H33N3O3. The molecule has 36 heavy (non-hydrogen) atoms. The highest BCUT2D eigenvalue weighted by molar-refractivity contribution is 5.98. The SMILES string of the molecule is CCCOc1ccc(-c2ccc(CC#N)cc2)cc1C(=O)N[C@@H](CO)Cc1cn(C)c2ccccc12.[HH]. The number of benzene rings is 3. The summed E-state index contributed by atoms with van der Waals surface area (Å²) in [6.07, 6.45) is 3.74. The number of nitrogens with one attached hydrogen (secondary N) is 1. The number of aromatic nitrogens is 1. The Kier molecular flexibility index (Phi) is 8.04. The number of ether oxygens (including phenoxy) is 1. The van der Waals surface area contributed by atoms with Gasteiger partial charge in [-0.25, -0.2) is 0 Å². The van der Waals surface area contributed by atoms with Crippen LogP contribution >= 0.6 is 0 Å². The molecule has 6 heteroatoms. The third-order valence-corrected chi connectivity index (χ3v) is 6.26. The Bertz CT molecular complexity index is 1390. The first-order chi connectivity index (χ1) is 17.5. The lowest BCUT2D eigenvalue weighted by atomic mass is 9.99. The molecule has 0 saturated heterocycles. The van der Waals surface area contributed by atoms with Gasteiger partial charge in [-0.05, 0) is 53.3 Å². The van der Waals surface area contributed by atoms with E-state index < -0.39 is 6.04 Å². The van der Waals surface area contributed by atoms with Gasteiger partial charge in [0.2, 0.25) is 0 Å². The molecule has 0 aliphatic carbocycles. The summed E-state index contributed by atoms with van der Waals surface area (Å²) in [5, 5.41) is 23.1. The van der Waals surface area contributed by atoms with Crippen LogP contribution in [0.3, 0.4) is 0 Å². The summed E-state index contributed by atoms with van der Waals surface area (Å²) >= 11 is 0. The van der Waals surface area contributed by atoms with Crippen LogP contribution in [0.15, 0.2) is 72.9 Å². The summed E-state index contributed by atoms with van der Waals surface area (Å²) < 4.78 is 7.94. The second-order valence-electron chi connectivity index (χ2n) is 8.93. The van der Waals surface area contributed by atoms with Crippen LogP contribution in [-0.4, -0.2) is 34.8 Å². The molecule has 4 rings (SSSR count). The smallest absolute Gasteiger partial charge is 0.255 e. The topological polar surface area (TPSA) is 87.3 Å². The van der Waals surface area contributed by atoms with E-state index in [1.165, 1.54) is 0 Å². The summed E-state index contributed by atoms with van der Waals surface area (Å²) in [6, 6.07) is 23.1. The standard InChI is InChI=1S/C30H31N3O3.H2/c1-3-16-36-29-13-12-23(22-10-8-21(9-11-22)14-15-31)18-27(29)30(35)32-25(20-34)17-24-19-33(2)28-7-5-4-6-26(24)28;/h4-13,18-19,25,34H,3,14,16-17,20H2,1-2H3,(H,32,35);1H/t25-;/m1./s1. The maximum atomic E-state index is 13.4. The Morgan fingerprint density at radius 3 is 2.61 bits per heavy atom. The second-order valence-corrected chi connectivity index (χ2v) is 8.93. The van der Waals surface area contributed by atoms with Gasteiger partial charge in [0, 0.05) is 25.6 Å². The highest BCUT2D eigenvalue weighted by Gasteiger charge is 2.20. The van der Waals surface area contributed by atoms with Crippen molar-refractivity contribution in [2.75, 3.05) is 13.2 Å². The van der Waals surface area contributed by atoms with Crippen molar-refractivity contribution in [1.82, 2.24) is 9.88 Å². The van der Waals surface area contributed by atoms with Gasteiger partial charge in [0.25, 0.3) is 5.91 Å². The number of carbonyl (C=O) groups is 1. The minimum absolute atomic E-state index is 0. The van der Waals surface area contributed by atoms with E-state index in [1.807, 2.05) is 74.8 Å². The van der Waals surface area contributed by atoms with E-state index in [2.05, 4.69) is 28.1 Å². The summed E-state index contributed by atoms with van der Waals surface area (Å²) in [6.45, 7) is 2.34. The van der Waals surface area contributed by atoms with Crippen molar-refractivity contribution >= 4 is 16.8 Å². The molecule has 0 spiro atoms.